The summed E-state index contributed by atoms with van der Waals surface area (Å²) >= 11 is 1.42. The van der Waals surface area contributed by atoms with Gasteiger partial charge < -0.3 is 10.6 Å². The molecule has 8 nitrogen and oxygen atoms in total. The molecule has 2 N–H and O–H groups in total. The molecule has 0 saturated heterocycles. The van der Waals surface area contributed by atoms with Crippen LogP contribution < -0.4 is 10.6 Å². The molecule has 0 aliphatic heterocycles. The van der Waals surface area contributed by atoms with E-state index in [-0.39, 0.29) is 18.2 Å². The summed E-state index contributed by atoms with van der Waals surface area (Å²) in [7, 11) is 0. The van der Waals surface area contributed by atoms with E-state index in [4.69, 9.17) is 0 Å². The van der Waals surface area contributed by atoms with Gasteiger partial charge in [-0.3, -0.25) is 14.4 Å². The Morgan fingerprint density at radius 1 is 1.06 bits per heavy atom. The number of Topliss-reactive ketones (excluding diaryl/α,β-unsaturated/α-hetero) is 1. The monoisotopic (exact) mass is 499 g/mol. The lowest BCUT2D eigenvalue weighted by Gasteiger charge is -2.17. The number of hydrogen-bond donors (Lipinski definition) is 2. The molecule has 182 valence electrons. The first kappa shape index (κ1) is 23.6. The molecule has 4 aromatic rings. The lowest BCUT2D eigenvalue weighted by molar-refractivity contribution is -0.139. The second kappa shape index (κ2) is 10.2. The zero-order valence-electron chi connectivity index (χ0n) is 19.7. The molecular weight excluding hydrogens is 474 g/mol. The number of benzene rings is 2. The molecule has 2 aromatic carbocycles. The molecule has 2 amide bonds. The maximum atomic E-state index is 13.1. The van der Waals surface area contributed by atoms with Gasteiger partial charge in [-0.1, -0.05) is 60.7 Å². The summed E-state index contributed by atoms with van der Waals surface area (Å²) in [5, 5.41) is 12.5. The molecular formula is C27H25N5O3S. The average Bonchev–Trinajstić information content (AvgIpc) is 3.42. The van der Waals surface area contributed by atoms with E-state index in [0.717, 1.165) is 35.4 Å². The first-order valence-corrected chi connectivity index (χ1v) is 12.6. The summed E-state index contributed by atoms with van der Waals surface area (Å²) in [6.45, 7) is 1.84. The number of hydrogen-bond acceptors (Lipinski definition) is 6. The number of nitrogens with zero attached hydrogens (tertiary/aromatic N) is 3. The van der Waals surface area contributed by atoms with Gasteiger partial charge in [0.05, 0.1) is 5.69 Å². The van der Waals surface area contributed by atoms with Gasteiger partial charge in [0.15, 0.2) is 5.69 Å². The Bertz CT molecular complexity index is 1390. The fourth-order valence-corrected chi connectivity index (χ4v) is 4.66. The van der Waals surface area contributed by atoms with Gasteiger partial charge in [0.1, 0.15) is 6.04 Å². The van der Waals surface area contributed by atoms with E-state index in [2.05, 4.69) is 20.7 Å². The predicted octanol–water partition coefficient (Wildman–Crippen LogP) is 3.49. The first-order valence-electron chi connectivity index (χ1n) is 11.8. The molecule has 0 radical (unpaired) electrons. The molecule has 5 rings (SSSR count). The van der Waals surface area contributed by atoms with Gasteiger partial charge in [-0.15, -0.1) is 11.3 Å². The number of carbonyl (C=O) groups is 3. The lowest BCUT2D eigenvalue weighted by atomic mass is 10.0. The van der Waals surface area contributed by atoms with Crippen molar-refractivity contribution in [1.82, 2.24) is 25.4 Å². The van der Waals surface area contributed by atoms with Crippen LogP contribution in [0.25, 0.3) is 16.4 Å². The number of nitrogens with one attached hydrogen (secondary N) is 2. The maximum absolute atomic E-state index is 13.1. The molecule has 36 heavy (non-hydrogen) atoms. The van der Waals surface area contributed by atoms with E-state index in [1.807, 2.05) is 73.0 Å². The molecule has 2 aromatic heterocycles. The number of thiazole rings is 1. The Kier molecular flexibility index (Phi) is 6.73. The topological polar surface area (TPSA) is 106 Å². The van der Waals surface area contributed by atoms with Crippen LogP contribution >= 0.6 is 11.3 Å². The summed E-state index contributed by atoms with van der Waals surface area (Å²) < 4.78 is 1.61. The number of aromatic nitrogens is 3. The molecule has 1 atom stereocenters. The van der Waals surface area contributed by atoms with E-state index in [1.165, 1.54) is 11.3 Å². The third-order valence-electron chi connectivity index (χ3n) is 5.90. The molecule has 0 bridgehead atoms. The van der Waals surface area contributed by atoms with Crippen LogP contribution in [-0.2, 0) is 16.0 Å². The van der Waals surface area contributed by atoms with Gasteiger partial charge in [0.2, 0.25) is 10.9 Å². The number of ketones is 1. The van der Waals surface area contributed by atoms with Crippen LogP contribution in [0.1, 0.15) is 34.6 Å². The average molecular weight is 500 g/mol. The number of rotatable bonds is 9. The molecule has 0 spiro atoms. The molecule has 1 unspecified atom stereocenters. The third-order valence-corrected chi connectivity index (χ3v) is 6.72. The molecule has 1 fully saturated rings. The van der Waals surface area contributed by atoms with Crippen LogP contribution in [0.3, 0.4) is 0 Å². The van der Waals surface area contributed by atoms with Crippen LogP contribution in [0.4, 0.5) is 0 Å². The van der Waals surface area contributed by atoms with Crippen LogP contribution in [0.2, 0.25) is 0 Å². The van der Waals surface area contributed by atoms with Gasteiger partial charge in [-0.25, -0.2) is 9.67 Å². The Balaban J connectivity index is 1.35. The van der Waals surface area contributed by atoms with Crippen LogP contribution in [0.5, 0.6) is 0 Å². The fourth-order valence-electron chi connectivity index (χ4n) is 3.82. The Hall–Kier alpha value is -4.11. The molecule has 1 saturated carbocycles. The van der Waals surface area contributed by atoms with Crippen molar-refractivity contribution >= 4 is 28.9 Å². The van der Waals surface area contributed by atoms with Gasteiger partial charge in [0.25, 0.3) is 11.8 Å². The molecule has 1 aliphatic carbocycles. The molecule has 9 heteroatoms. The van der Waals surface area contributed by atoms with Crippen molar-refractivity contribution in [2.45, 2.75) is 38.3 Å². The second-order valence-electron chi connectivity index (χ2n) is 8.79. The van der Waals surface area contributed by atoms with Gasteiger partial charge in [-0.2, -0.15) is 5.10 Å². The third kappa shape index (κ3) is 5.41. The van der Waals surface area contributed by atoms with Gasteiger partial charge in [0, 0.05) is 29.1 Å². The van der Waals surface area contributed by atoms with Crippen LogP contribution in [0.15, 0.2) is 72.1 Å². The summed E-state index contributed by atoms with van der Waals surface area (Å²) in [4.78, 5) is 43.2. The van der Waals surface area contributed by atoms with Crippen LogP contribution in [-0.4, -0.2) is 44.4 Å². The van der Waals surface area contributed by atoms with E-state index in [1.54, 1.807) is 10.7 Å². The highest BCUT2D eigenvalue weighted by molar-refractivity contribution is 7.12. The Morgan fingerprint density at radius 2 is 1.75 bits per heavy atom. The largest absolute Gasteiger partial charge is 0.347 e. The fraction of sp³-hybridized carbons (Fsp3) is 0.222. The van der Waals surface area contributed by atoms with Gasteiger partial charge >= 0.3 is 0 Å². The summed E-state index contributed by atoms with van der Waals surface area (Å²) in [5.41, 5.74) is 3.54. The highest BCUT2D eigenvalue weighted by atomic mass is 32.1. The lowest BCUT2D eigenvalue weighted by Crippen LogP contribution is -2.49. The summed E-state index contributed by atoms with van der Waals surface area (Å²) in [6, 6.07) is 19.8. The minimum absolute atomic E-state index is 0.0481. The molecule has 1 aliphatic rings. The zero-order chi connectivity index (χ0) is 25.1. The standard InChI is InChI=1S/C27H25N5O3S/c1-17-14-22(31-32(17)27-30-23(16-36-27)19-10-6-3-7-11-19)25(34)29-21(15-18-8-4-2-5-9-18)24(33)26(35)28-20-12-13-20/h2-11,14,16,20-21H,12-13,15H2,1H3,(H,28,35)(H,29,34). The Morgan fingerprint density at radius 3 is 2.44 bits per heavy atom. The van der Waals surface area contributed by atoms with Crippen molar-refractivity contribution < 1.29 is 14.4 Å². The van der Waals surface area contributed by atoms with Crippen molar-refractivity contribution in [1.29, 1.82) is 0 Å². The highest BCUT2D eigenvalue weighted by Gasteiger charge is 2.32. The second-order valence-corrected chi connectivity index (χ2v) is 9.63. The van der Waals surface area contributed by atoms with Crippen molar-refractivity contribution in [2.24, 2.45) is 0 Å². The quantitative estimate of drug-likeness (QED) is 0.343. The van der Waals surface area contributed by atoms with Crippen molar-refractivity contribution in [3.63, 3.8) is 0 Å². The number of aryl methyl sites for hydroxylation is 1. The zero-order valence-corrected chi connectivity index (χ0v) is 20.5. The van der Waals surface area contributed by atoms with E-state index < -0.39 is 23.6 Å². The minimum atomic E-state index is -1.01. The number of amides is 2. The maximum Gasteiger partial charge on any atom is 0.289 e. The van der Waals surface area contributed by atoms with Crippen molar-refractivity contribution in [3.05, 3.63) is 89.1 Å². The Labute approximate surface area is 212 Å². The normalized spacial score (nSPS) is 13.7. The van der Waals surface area contributed by atoms with Crippen LogP contribution in [0, 0.1) is 6.92 Å². The summed E-state index contributed by atoms with van der Waals surface area (Å²) in [6.07, 6.45) is 1.94. The van der Waals surface area contributed by atoms with E-state index in [9.17, 15) is 14.4 Å². The van der Waals surface area contributed by atoms with E-state index in [0.29, 0.717) is 5.13 Å². The highest BCUT2D eigenvalue weighted by Crippen LogP contribution is 2.25. The molecule has 2 heterocycles. The number of carbonyl (C=O) groups excluding carboxylic acids is 3. The minimum Gasteiger partial charge on any atom is -0.347 e. The van der Waals surface area contributed by atoms with Crippen molar-refractivity contribution in [2.75, 3.05) is 0 Å². The summed E-state index contributed by atoms with van der Waals surface area (Å²) in [5.74, 6) is -1.86. The van der Waals surface area contributed by atoms with E-state index >= 15 is 0 Å². The van der Waals surface area contributed by atoms with Gasteiger partial charge in [-0.05, 0) is 31.4 Å². The van der Waals surface area contributed by atoms with Crippen molar-refractivity contribution in [3.8, 4) is 16.4 Å². The predicted molar refractivity (Wildman–Crippen MR) is 137 cm³/mol. The smallest absolute Gasteiger partial charge is 0.289 e. The first-order chi connectivity index (χ1) is 17.5. The SMILES string of the molecule is Cc1cc(C(=O)NC(Cc2ccccc2)C(=O)C(=O)NC2CC2)nn1-c1nc(-c2ccccc2)cs1.